The lowest BCUT2D eigenvalue weighted by Crippen LogP contribution is -2.40. The molecule has 2 aromatic carbocycles. The van der Waals surface area contributed by atoms with Gasteiger partial charge in [0.15, 0.2) is 0 Å². The lowest BCUT2D eigenvalue weighted by Gasteiger charge is -2.30. The summed E-state index contributed by atoms with van der Waals surface area (Å²) in [5, 5.41) is 7.86. The fourth-order valence-corrected chi connectivity index (χ4v) is 4.72. The minimum atomic E-state index is -4.57. The molecule has 6 nitrogen and oxygen atoms in total. The molecule has 1 saturated carbocycles. The van der Waals surface area contributed by atoms with E-state index in [4.69, 9.17) is 16.0 Å². The smallest absolute Gasteiger partial charge is 0.423 e. The van der Waals surface area contributed by atoms with Crippen LogP contribution in [0.1, 0.15) is 41.7 Å². The van der Waals surface area contributed by atoms with Crippen LogP contribution in [-0.2, 0) is 6.18 Å². The highest BCUT2D eigenvalue weighted by Gasteiger charge is 2.34. The quantitative estimate of drug-likeness (QED) is 0.318. The van der Waals surface area contributed by atoms with Crippen LogP contribution in [0.3, 0.4) is 0 Å². The molecule has 1 fully saturated rings. The maximum absolute atomic E-state index is 13.4. The van der Waals surface area contributed by atoms with Crippen LogP contribution in [0.5, 0.6) is 0 Å². The number of fused-ring (bicyclic) bond motifs is 2. The highest BCUT2D eigenvalue weighted by molar-refractivity contribution is 6.31. The van der Waals surface area contributed by atoms with Crippen LogP contribution in [-0.4, -0.2) is 23.0 Å². The summed E-state index contributed by atoms with van der Waals surface area (Å²) in [5.41, 5.74) is -0.00361. The molecule has 1 amide bonds. The Morgan fingerprint density at radius 2 is 1.72 bits per heavy atom. The van der Waals surface area contributed by atoms with E-state index in [2.05, 4.69) is 15.6 Å². The van der Waals surface area contributed by atoms with Crippen molar-refractivity contribution in [1.29, 1.82) is 0 Å². The first kappa shape index (κ1) is 24.1. The van der Waals surface area contributed by atoms with E-state index < -0.39 is 17.5 Å². The normalized spacial score (nSPS) is 18.3. The van der Waals surface area contributed by atoms with Crippen LogP contribution < -0.4 is 16.3 Å². The van der Waals surface area contributed by atoms with E-state index in [0.717, 1.165) is 6.07 Å². The number of carbonyl (C=O) groups excluding carboxylic acids is 1. The Kier molecular flexibility index (Phi) is 6.34. The summed E-state index contributed by atoms with van der Waals surface area (Å²) < 4.78 is 45.3. The van der Waals surface area contributed by atoms with E-state index in [1.807, 2.05) is 0 Å². The molecule has 0 aliphatic heterocycles. The second-order valence-corrected chi connectivity index (χ2v) is 9.32. The number of amides is 1. The molecule has 10 heteroatoms. The molecule has 1 aliphatic carbocycles. The topological polar surface area (TPSA) is 84.2 Å². The molecule has 0 atom stereocenters. The standard InChI is InChI=1S/C26H21ClF3N3O3/c27-16-3-8-20-19(12-16)21(13-23(33-20)26(28,29)30)31-17-4-6-18(7-5-17)32-25(35)15-1-9-22-14(11-15)2-10-24(34)36-22/h1-3,8-13,17-18H,4-7H2,(H,31,33)(H,32,35). The van der Waals surface area contributed by atoms with E-state index in [1.54, 1.807) is 30.3 Å². The molecule has 36 heavy (non-hydrogen) atoms. The van der Waals surface area contributed by atoms with Gasteiger partial charge in [0.05, 0.1) is 5.52 Å². The lowest BCUT2D eigenvalue weighted by atomic mass is 9.90. The Morgan fingerprint density at radius 3 is 2.47 bits per heavy atom. The average Bonchev–Trinajstić information content (AvgIpc) is 2.84. The number of carbonyl (C=O) groups is 1. The number of hydrogen-bond donors (Lipinski definition) is 2. The third-order valence-electron chi connectivity index (χ3n) is 6.36. The maximum atomic E-state index is 13.4. The van der Waals surface area contributed by atoms with Crippen molar-refractivity contribution >= 4 is 45.1 Å². The van der Waals surface area contributed by atoms with Gasteiger partial charge < -0.3 is 15.1 Å². The zero-order chi connectivity index (χ0) is 25.4. The number of hydrogen-bond acceptors (Lipinski definition) is 5. The maximum Gasteiger partial charge on any atom is 0.433 e. The summed E-state index contributed by atoms with van der Waals surface area (Å²) in [6.45, 7) is 0. The van der Waals surface area contributed by atoms with Crippen molar-refractivity contribution in [3.05, 3.63) is 81.3 Å². The summed E-state index contributed by atoms with van der Waals surface area (Å²) in [7, 11) is 0. The van der Waals surface area contributed by atoms with Crippen LogP contribution in [0.25, 0.3) is 21.9 Å². The molecule has 0 spiro atoms. The fourth-order valence-electron chi connectivity index (χ4n) is 4.55. The van der Waals surface area contributed by atoms with Crippen molar-refractivity contribution in [2.45, 2.75) is 43.9 Å². The zero-order valence-electron chi connectivity index (χ0n) is 18.9. The largest absolute Gasteiger partial charge is 0.433 e. The molecule has 0 unspecified atom stereocenters. The van der Waals surface area contributed by atoms with Crippen molar-refractivity contribution in [1.82, 2.24) is 10.3 Å². The predicted octanol–water partition coefficient (Wildman–Crippen LogP) is 6.17. The van der Waals surface area contributed by atoms with Crippen LogP contribution in [0.15, 0.2) is 63.8 Å². The number of nitrogens with one attached hydrogen (secondary N) is 2. The first-order valence-corrected chi connectivity index (χ1v) is 11.8. The summed E-state index contributed by atoms with van der Waals surface area (Å²) in [4.78, 5) is 27.8. The number of halogens is 4. The monoisotopic (exact) mass is 515 g/mol. The fraction of sp³-hybridized carbons (Fsp3) is 0.269. The van der Waals surface area contributed by atoms with Gasteiger partial charge in [-0.05, 0) is 74.2 Å². The summed E-state index contributed by atoms with van der Waals surface area (Å²) >= 11 is 6.08. The zero-order valence-corrected chi connectivity index (χ0v) is 19.6. The van der Waals surface area contributed by atoms with E-state index in [0.29, 0.717) is 58.3 Å². The number of pyridine rings is 1. The molecule has 5 rings (SSSR count). The lowest BCUT2D eigenvalue weighted by molar-refractivity contribution is -0.140. The summed E-state index contributed by atoms with van der Waals surface area (Å²) in [5.74, 6) is -0.232. The molecule has 0 saturated heterocycles. The first-order chi connectivity index (χ1) is 17.2. The Labute approximate surface area is 208 Å². The third-order valence-corrected chi connectivity index (χ3v) is 6.60. The molecule has 2 aromatic heterocycles. The molecule has 186 valence electrons. The van der Waals surface area contributed by atoms with E-state index in [-0.39, 0.29) is 23.5 Å². The van der Waals surface area contributed by atoms with Gasteiger partial charge in [-0.1, -0.05) is 11.6 Å². The Bertz CT molecular complexity index is 1510. The minimum Gasteiger partial charge on any atom is -0.423 e. The van der Waals surface area contributed by atoms with Crippen molar-refractivity contribution in [3.63, 3.8) is 0 Å². The van der Waals surface area contributed by atoms with Gasteiger partial charge in [-0.15, -0.1) is 0 Å². The summed E-state index contributed by atoms with van der Waals surface area (Å²) in [6.07, 6.45) is -1.90. The van der Waals surface area contributed by atoms with Crippen molar-refractivity contribution in [2.75, 3.05) is 5.32 Å². The number of anilines is 1. The number of benzene rings is 2. The second-order valence-electron chi connectivity index (χ2n) is 8.89. The van der Waals surface area contributed by atoms with Gasteiger partial charge in [0.1, 0.15) is 11.3 Å². The van der Waals surface area contributed by atoms with Crippen molar-refractivity contribution in [2.24, 2.45) is 0 Å². The first-order valence-electron chi connectivity index (χ1n) is 11.4. The number of nitrogens with zero attached hydrogens (tertiary/aromatic N) is 1. The molecule has 0 radical (unpaired) electrons. The van der Waals surface area contributed by atoms with Gasteiger partial charge in [0.25, 0.3) is 5.91 Å². The number of aromatic nitrogens is 1. The third kappa shape index (κ3) is 5.16. The van der Waals surface area contributed by atoms with E-state index in [1.165, 1.54) is 18.2 Å². The molecular formula is C26H21ClF3N3O3. The highest BCUT2D eigenvalue weighted by atomic mass is 35.5. The van der Waals surface area contributed by atoms with E-state index in [9.17, 15) is 22.8 Å². The average molecular weight is 516 g/mol. The predicted molar refractivity (Wildman–Crippen MR) is 131 cm³/mol. The minimum absolute atomic E-state index is 0.0608. The number of rotatable bonds is 4. The molecule has 2 heterocycles. The van der Waals surface area contributed by atoms with Crippen molar-refractivity contribution in [3.8, 4) is 0 Å². The molecule has 2 N–H and O–H groups in total. The van der Waals surface area contributed by atoms with Crippen LogP contribution in [0.2, 0.25) is 5.02 Å². The second kappa shape index (κ2) is 9.46. The molecular weight excluding hydrogens is 495 g/mol. The van der Waals surface area contributed by atoms with Crippen LogP contribution in [0, 0.1) is 0 Å². The van der Waals surface area contributed by atoms with Crippen LogP contribution >= 0.6 is 11.6 Å². The molecule has 1 aliphatic rings. The molecule has 0 bridgehead atoms. The van der Waals surface area contributed by atoms with Crippen molar-refractivity contribution < 1.29 is 22.4 Å². The SMILES string of the molecule is O=C(NC1CCC(Nc2cc(C(F)(F)F)nc3ccc(Cl)cc23)CC1)c1ccc2oc(=O)ccc2c1. The van der Waals surface area contributed by atoms with Gasteiger partial charge in [-0.25, -0.2) is 9.78 Å². The number of alkyl halides is 3. The molecule has 4 aromatic rings. The van der Waals surface area contributed by atoms with Gasteiger partial charge >= 0.3 is 11.8 Å². The van der Waals surface area contributed by atoms with Crippen LogP contribution in [0.4, 0.5) is 18.9 Å². The Balaban J connectivity index is 1.26. The van der Waals surface area contributed by atoms with Gasteiger partial charge in [-0.3, -0.25) is 4.79 Å². The van der Waals surface area contributed by atoms with E-state index >= 15 is 0 Å². The van der Waals surface area contributed by atoms with Gasteiger partial charge in [0, 0.05) is 45.2 Å². The van der Waals surface area contributed by atoms with Gasteiger partial charge in [-0.2, -0.15) is 13.2 Å². The summed E-state index contributed by atoms with van der Waals surface area (Å²) in [6, 6.07) is 13.3. The van der Waals surface area contributed by atoms with Gasteiger partial charge in [0.2, 0.25) is 0 Å². The highest BCUT2D eigenvalue weighted by Crippen LogP contribution is 2.35. The Morgan fingerprint density at radius 1 is 0.972 bits per heavy atom. The Hall–Kier alpha value is -3.59.